The van der Waals surface area contributed by atoms with Gasteiger partial charge < -0.3 is 26.2 Å². The van der Waals surface area contributed by atoms with Crippen LogP contribution in [0, 0.1) is 0 Å². The van der Waals surface area contributed by atoms with Crippen molar-refractivity contribution in [2.24, 2.45) is 0 Å². The van der Waals surface area contributed by atoms with E-state index in [1.807, 2.05) is 4.90 Å². The molecule has 49 heavy (non-hydrogen) atoms. The molecular weight excluding hydrogens is 623 g/mol. The molecule has 0 radical (unpaired) electrons. The maximum Gasteiger partial charge on any atom is 0.245 e. The summed E-state index contributed by atoms with van der Waals surface area (Å²) < 4.78 is 0. The Morgan fingerprint density at radius 1 is 0.898 bits per heavy atom. The van der Waals surface area contributed by atoms with Gasteiger partial charge in [-0.05, 0) is 111 Å². The largest absolute Gasteiger partial charge is 0.369 e. The summed E-state index contributed by atoms with van der Waals surface area (Å²) in [6.07, 6.45) is 5.35. The minimum Gasteiger partial charge on any atom is -0.369 e. The predicted octanol–water partition coefficient (Wildman–Crippen LogP) is 7.62. The highest BCUT2D eigenvalue weighted by atomic mass is 32.2. The van der Waals surface area contributed by atoms with Gasteiger partial charge in [0.1, 0.15) is 6.04 Å². The molecule has 0 saturated carbocycles. The fourth-order valence-corrected chi connectivity index (χ4v) is 8.75. The van der Waals surface area contributed by atoms with Gasteiger partial charge in [0.15, 0.2) is 0 Å². The second kappa shape index (κ2) is 17.8. The van der Waals surface area contributed by atoms with Gasteiger partial charge in [-0.1, -0.05) is 87.8 Å². The molecule has 7 heteroatoms. The van der Waals surface area contributed by atoms with Crippen molar-refractivity contribution in [1.29, 1.82) is 0 Å². The Morgan fingerprint density at radius 2 is 1.51 bits per heavy atom. The lowest BCUT2D eigenvalue weighted by atomic mass is 10.0. The van der Waals surface area contributed by atoms with Gasteiger partial charge in [-0.3, -0.25) is 4.79 Å². The molecule has 4 atom stereocenters. The fourth-order valence-electron chi connectivity index (χ4n) is 7.15. The number of benzene rings is 2. The van der Waals surface area contributed by atoms with E-state index in [0.717, 1.165) is 44.0 Å². The number of nitrogens with one attached hydrogen (secondary N) is 4. The molecule has 2 aromatic carbocycles. The van der Waals surface area contributed by atoms with E-state index < -0.39 is 0 Å². The molecule has 0 aromatic heterocycles. The lowest BCUT2D eigenvalue weighted by Gasteiger charge is -2.24. The number of hydrogen-bond donors (Lipinski definition) is 4. The van der Waals surface area contributed by atoms with Crippen LogP contribution < -0.4 is 21.3 Å². The second-order valence-electron chi connectivity index (χ2n) is 14.2. The van der Waals surface area contributed by atoms with Gasteiger partial charge in [-0.2, -0.15) is 10.5 Å². The second-order valence-corrected chi connectivity index (χ2v) is 16.1. The standard InChI is InChI=1S/C21H29N3O.C18H24N2S.C3H8/c1-13(2)24-11-10-20(21(24)25)23-16(5)22-15(4)19-12-17-8-6-7-9-18(17)14(19)3;1-13-16(10-15-6-4-5-7-18(13)15)11-19-14(2)20-17-8-9-21(3)12-17;1-3-2/h6-9,13,15,20,22-23H,5,10-12H2,1-4H3;4-7,17,19-20H,2-3,8-12H2,1H3;3H2,1-2H3/t15-,20?;;/m0../s1. The van der Waals surface area contributed by atoms with Gasteiger partial charge in [0.25, 0.3) is 0 Å². The van der Waals surface area contributed by atoms with E-state index >= 15 is 0 Å². The Morgan fingerprint density at radius 3 is 2.06 bits per heavy atom. The monoisotopic (exact) mass is 683 g/mol. The van der Waals surface area contributed by atoms with Gasteiger partial charge in [0, 0.05) is 37.0 Å². The lowest BCUT2D eigenvalue weighted by Crippen LogP contribution is -2.44. The first kappa shape index (κ1) is 38.1. The molecule has 0 spiro atoms. The minimum atomic E-state index is -0.162. The number of amides is 1. The van der Waals surface area contributed by atoms with E-state index in [1.165, 1.54) is 68.9 Å². The van der Waals surface area contributed by atoms with Gasteiger partial charge in [-0.25, -0.2) is 0 Å². The van der Waals surface area contributed by atoms with Crippen molar-refractivity contribution in [3.63, 3.8) is 0 Å². The lowest BCUT2D eigenvalue weighted by molar-refractivity contribution is -0.130. The zero-order valence-electron chi connectivity index (χ0n) is 31.2. The van der Waals surface area contributed by atoms with Crippen molar-refractivity contribution >= 4 is 33.4 Å². The van der Waals surface area contributed by atoms with Crippen molar-refractivity contribution < 1.29 is 4.79 Å². The van der Waals surface area contributed by atoms with Gasteiger partial charge in [0.05, 0.1) is 11.6 Å². The fraction of sp³-hybridized carbons (Fsp3) is 0.476. The van der Waals surface area contributed by atoms with E-state index in [1.54, 1.807) is 0 Å². The molecule has 6 rings (SSSR count). The number of allylic oxidation sites excluding steroid dienone is 2. The molecule has 2 heterocycles. The van der Waals surface area contributed by atoms with Crippen molar-refractivity contribution in [2.45, 2.75) is 105 Å². The van der Waals surface area contributed by atoms with Crippen LogP contribution in [0.2, 0.25) is 0 Å². The smallest absolute Gasteiger partial charge is 0.245 e. The third-order valence-electron chi connectivity index (χ3n) is 9.85. The summed E-state index contributed by atoms with van der Waals surface area (Å²) in [5.41, 5.74) is 11.2. The Hall–Kier alpha value is -3.71. The van der Waals surface area contributed by atoms with E-state index in [9.17, 15) is 4.79 Å². The van der Waals surface area contributed by atoms with Crippen LogP contribution in [-0.2, 0) is 17.6 Å². The number of carbonyl (C=O) groups is 1. The third-order valence-corrected chi connectivity index (χ3v) is 11.5. The molecule has 0 bridgehead atoms. The molecular formula is C42H61N5OS. The zero-order valence-corrected chi connectivity index (χ0v) is 32.0. The summed E-state index contributed by atoms with van der Waals surface area (Å²) in [5.74, 6) is 8.47. The minimum absolute atomic E-state index is 0.162. The van der Waals surface area contributed by atoms with Gasteiger partial charge >= 0.3 is 0 Å². The average molecular weight is 684 g/mol. The van der Waals surface area contributed by atoms with Crippen LogP contribution in [-0.4, -0.2) is 65.4 Å². The zero-order chi connectivity index (χ0) is 35.7. The predicted molar refractivity (Wildman–Crippen MR) is 215 cm³/mol. The highest BCUT2D eigenvalue weighted by Gasteiger charge is 2.33. The maximum absolute atomic E-state index is 12.4. The number of carbonyl (C=O) groups excluding carboxylic acids is 1. The molecule has 3 unspecified atom stereocenters. The summed E-state index contributed by atoms with van der Waals surface area (Å²) in [5, 5.41) is 13.7. The summed E-state index contributed by atoms with van der Waals surface area (Å²) in [6.45, 7) is 24.9. The molecule has 2 fully saturated rings. The molecule has 2 aliphatic carbocycles. The maximum atomic E-state index is 12.4. The van der Waals surface area contributed by atoms with Crippen LogP contribution in [0.25, 0.3) is 11.1 Å². The van der Waals surface area contributed by atoms with E-state index in [0.29, 0.717) is 16.5 Å². The Balaban J connectivity index is 0.000000207. The Labute approximate surface area is 299 Å². The Kier molecular flexibility index (Phi) is 13.8. The van der Waals surface area contributed by atoms with Gasteiger partial charge in [0.2, 0.25) is 5.91 Å². The molecule has 2 aromatic rings. The summed E-state index contributed by atoms with van der Waals surface area (Å²) >= 11 is 0. The summed E-state index contributed by atoms with van der Waals surface area (Å²) in [6, 6.07) is 18.1. The summed E-state index contributed by atoms with van der Waals surface area (Å²) in [4.78, 5) is 14.3. The van der Waals surface area contributed by atoms with Crippen molar-refractivity contribution in [2.75, 3.05) is 24.6 Å². The number of rotatable bonds is 11. The number of fused-ring (bicyclic) bond motifs is 2. The average Bonchev–Trinajstić information content (AvgIpc) is 3.82. The number of likely N-dealkylation sites (tertiary alicyclic amines) is 1. The van der Waals surface area contributed by atoms with Crippen molar-refractivity contribution in [3.05, 3.63) is 107 Å². The van der Waals surface area contributed by atoms with E-state index in [2.05, 4.69) is 137 Å². The molecule has 4 aliphatic rings. The van der Waals surface area contributed by atoms with E-state index in [4.69, 9.17) is 0 Å². The van der Waals surface area contributed by atoms with Crippen molar-refractivity contribution in [1.82, 2.24) is 26.2 Å². The highest BCUT2D eigenvalue weighted by Crippen LogP contribution is 2.34. The van der Waals surface area contributed by atoms with Crippen LogP contribution in [0.5, 0.6) is 0 Å². The molecule has 6 nitrogen and oxygen atoms in total. The first-order valence-corrected chi connectivity index (χ1v) is 19.9. The topological polar surface area (TPSA) is 68.4 Å². The summed E-state index contributed by atoms with van der Waals surface area (Å²) in [7, 11) is 0.351. The first-order chi connectivity index (χ1) is 23.4. The van der Waals surface area contributed by atoms with Crippen LogP contribution in [0.15, 0.2) is 84.5 Å². The molecule has 266 valence electrons. The molecule has 1 amide bonds. The molecule has 4 N–H and O–H groups in total. The van der Waals surface area contributed by atoms with Crippen LogP contribution in [0.4, 0.5) is 0 Å². The van der Waals surface area contributed by atoms with Crippen LogP contribution >= 0.6 is 10.5 Å². The van der Waals surface area contributed by atoms with E-state index in [-0.39, 0.29) is 24.0 Å². The number of hydrogen-bond acceptors (Lipinski definition) is 5. The van der Waals surface area contributed by atoms with Crippen LogP contribution in [0.1, 0.15) is 90.0 Å². The molecule has 2 saturated heterocycles. The third kappa shape index (κ3) is 9.94. The number of nitrogens with zero attached hydrogens (tertiary/aromatic N) is 1. The van der Waals surface area contributed by atoms with Crippen LogP contribution in [0.3, 0.4) is 0 Å². The normalized spacial score (nSPS) is 21.3. The molecule has 2 aliphatic heterocycles. The van der Waals surface area contributed by atoms with Crippen molar-refractivity contribution in [3.8, 4) is 0 Å². The first-order valence-electron chi connectivity index (χ1n) is 18.2. The Bertz CT molecular complexity index is 1590. The SMILES string of the molecule is C=C(NC1CCN(C(C)C)C1=O)N[C@@H](C)C1=C(C)c2ccccc2C1.C=C(NCC1=C(C)c2ccccc2C1)NC1CCS(=C)C1.CCC. The quantitative estimate of drug-likeness (QED) is 0.184. The van der Waals surface area contributed by atoms with Gasteiger partial charge in [-0.15, -0.1) is 0 Å². The highest BCUT2D eigenvalue weighted by molar-refractivity contribution is 8.14.